The normalized spacial score (nSPS) is 14.3. The van der Waals surface area contributed by atoms with E-state index in [4.69, 9.17) is 11.6 Å². The molecule has 3 rings (SSSR count). The van der Waals surface area contributed by atoms with Gasteiger partial charge in [0.15, 0.2) is 0 Å². The van der Waals surface area contributed by atoms with E-state index in [2.05, 4.69) is 14.9 Å². The van der Waals surface area contributed by atoms with Crippen molar-refractivity contribution in [2.75, 3.05) is 0 Å². The van der Waals surface area contributed by atoms with Gasteiger partial charge in [-0.2, -0.15) is 5.10 Å². The quantitative estimate of drug-likeness (QED) is 0.673. The Labute approximate surface area is 145 Å². The average molecular weight is 371 g/mol. The predicted octanol–water partition coefficient (Wildman–Crippen LogP) is 5.15. The number of ether oxygens (including phenoxy) is 1. The lowest BCUT2D eigenvalue weighted by atomic mass is 9.94. The van der Waals surface area contributed by atoms with E-state index in [1.807, 2.05) is 0 Å². The molecule has 2 aromatic rings. The highest BCUT2D eigenvalue weighted by Crippen LogP contribution is 2.30. The molecule has 0 unspecified atom stereocenters. The van der Waals surface area contributed by atoms with E-state index in [1.54, 1.807) is 31.2 Å². The third kappa shape index (κ3) is 3.99. The third-order valence-electron chi connectivity index (χ3n) is 3.53. The summed E-state index contributed by atoms with van der Waals surface area (Å²) in [6, 6.07) is 8.31. The second-order valence-electron chi connectivity index (χ2n) is 5.45. The third-order valence-corrected chi connectivity index (χ3v) is 3.78. The van der Waals surface area contributed by atoms with Crippen LogP contribution in [0.25, 0.3) is 0 Å². The molecule has 8 heteroatoms. The maximum Gasteiger partial charge on any atom is 0.573 e. The van der Waals surface area contributed by atoms with Gasteiger partial charge >= 0.3 is 6.36 Å². The predicted molar refractivity (Wildman–Crippen MR) is 87.0 cm³/mol. The Morgan fingerprint density at radius 2 is 1.76 bits per heavy atom. The van der Waals surface area contributed by atoms with Gasteiger partial charge in [-0.15, -0.1) is 18.3 Å². The SMILES string of the molecule is CC1=NN=C(c2ccc(Cl)cc2)c2cc(OC(F)(F)F)cc(F)c2C1. The summed E-state index contributed by atoms with van der Waals surface area (Å²) in [5.41, 5.74) is 1.74. The number of rotatable bonds is 2. The molecule has 0 fully saturated rings. The zero-order valence-corrected chi connectivity index (χ0v) is 13.6. The van der Waals surface area contributed by atoms with Crippen LogP contribution in [0.2, 0.25) is 5.02 Å². The summed E-state index contributed by atoms with van der Waals surface area (Å²) in [5, 5.41) is 8.57. The summed E-state index contributed by atoms with van der Waals surface area (Å²) in [5.74, 6) is -1.46. The van der Waals surface area contributed by atoms with Crippen molar-refractivity contribution in [3.8, 4) is 5.75 Å². The van der Waals surface area contributed by atoms with Crippen LogP contribution in [-0.4, -0.2) is 17.8 Å². The molecule has 2 aromatic carbocycles. The number of alkyl halides is 3. The fourth-order valence-corrected chi connectivity index (χ4v) is 2.62. The molecular weight excluding hydrogens is 360 g/mol. The summed E-state index contributed by atoms with van der Waals surface area (Å²) in [6.45, 7) is 1.66. The Balaban J connectivity index is 2.17. The second kappa shape index (κ2) is 6.48. The molecule has 0 radical (unpaired) electrons. The molecule has 1 aliphatic heterocycles. The van der Waals surface area contributed by atoms with E-state index in [-0.39, 0.29) is 23.3 Å². The fourth-order valence-electron chi connectivity index (χ4n) is 2.50. The monoisotopic (exact) mass is 370 g/mol. The maximum atomic E-state index is 14.4. The van der Waals surface area contributed by atoms with E-state index < -0.39 is 17.9 Å². The van der Waals surface area contributed by atoms with Gasteiger partial charge in [-0.05, 0) is 25.1 Å². The van der Waals surface area contributed by atoms with Crippen molar-refractivity contribution < 1.29 is 22.3 Å². The van der Waals surface area contributed by atoms with Gasteiger partial charge in [0.05, 0.1) is 0 Å². The van der Waals surface area contributed by atoms with Crippen molar-refractivity contribution in [2.45, 2.75) is 19.7 Å². The topological polar surface area (TPSA) is 34.0 Å². The summed E-state index contributed by atoms with van der Waals surface area (Å²) in [4.78, 5) is 0. The second-order valence-corrected chi connectivity index (χ2v) is 5.88. The number of hydrogen-bond donors (Lipinski definition) is 0. The van der Waals surface area contributed by atoms with Crippen molar-refractivity contribution in [1.82, 2.24) is 0 Å². The van der Waals surface area contributed by atoms with Crippen LogP contribution in [0.3, 0.4) is 0 Å². The summed E-state index contributed by atoms with van der Waals surface area (Å²) < 4.78 is 55.8. The number of benzene rings is 2. The Morgan fingerprint density at radius 1 is 1.08 bits per heavy atom. The summed E-state index contributed by atoms with van der Waals surface area (Å²) >= 11 is 5.86. The molecule has 0 saturated carbocycles. The van der Waals surface area contributed by atoms with E-state index >= 15 is 0 Å². The lowest BCUT2D eigenvalue weighted by Gasteiger charge is -2.15. The molecule has 1 heterocycles. The number of hydrogen-bond acceptors (Lipinski definition) is 3. The zero-order chi connectivity index (χ0) is 18.2. The number of nitrogens with zero attached hydrogens (tertiary/aromatic N) is 2. The Hall–Kier alpha value is -2.41. The van der Waals surface area contributed by atoms with Gasteiger partial charge in [-0.3, -0.25) is 0 Å². The van der Waals surface area contributed by atoms with Gasteiger partial charge in [-0.25, -0.2) is 4.39 Å². The van der Waals surface area contributed by atoms with Crippen LogP contribution in [0.15, 0.2) is 46.6 Å². The van der Waals surface area contributed by atoms with Gasteiger partial charge in [0.1, 0.15) is 17.3 Å². The van der Waals surface area contributed by atoms with E-state index in [1.165, 1.54) is 0 Å². The van der Waals surface area contributed by atoms with Gasteiger partial charge in [0.2, 0.25) is 0 Å². The van der Waals surface area contributed by atoms with Crippen molar-refractivity contribution in [1.29, 1.82) is 0 Å². The molecule has 0 aromatic heterocycles. The Kier molecular flexibility index (Phi) is 4.51. The summed E-state index contributed by atoms with van der Waals surface area (Å²) in [6.07, 6.45) is -4.79. The first-order chi connectivity index (χ1) is 11.7. The van der Waals surface area contributed by atoms with Crippen LogP contribution < -0.4 is 4.74 Å². The molecule has 0 spiro atoms. The van der Waals surface area contributed by atoms with Crippen LogP contribution in [0, 0.1) is 5.82 Å². The number of halogens is 5. The highest BCUT2D eigenvalue weighted by Gasteiger charge is 2.32. The molecule has 25 heavy (non-hydrogen) atoms. The van der Waals surface area contributed by atoms with E-state index in [0.717, 1.165) is 6.07 Å². The van der Waals surface area contributed by atoms with Gasteiger partial charge in [0, 0.05) is 39.9 Å². The maximum absolute atomic E-state index is 14.4. The minimum absolute atomic E-state index is 0.133. The minimum Gasteiger partial charge on any atom is -0.406 e. The smallest absolute Gasteiger partial charge is 0.406 e. The van der Waals surface area contributed by atoms with E-state index in [0.29, 0.717) is 22.4 Å². The first-order valence-electron chi connectivity index (χ1n) is 7.18. The lowest BCUT2D eigenvalue weighted by molar-refractivity contribution is -0.274. The van der Waals surface area contributed by atoms with Gasteiger partial charge in [-0.1, -0.05) is 23.7 Å². The fraction of sp³-hybridized carbons (Fsp3) is 0.176. The zero-order valence-electron chi connectivity index (χ0n) is 12.9. The largest absolute Gasteiger partial charge is 0.573 e. The van der Waals surface area contributed by atoms with Crippen LogP contribution in [0.4, 0.5) is 17.6 Å². The molecule has 0 bridgehead atoms. The standard InChI is InChI=1S/C17H11ClF4N2O/c1-9-6-13-14(7-12(8-15(13)19)25-17(20,21)22)16(24-23-9)10-2-4-11(18)5-3-10/h2-5,7-8H,6H2,1H3. The molecule has 0 atom stereocenters. The van der Waals surface area contributed by atoms with Crippen LogP contribution in [-0.2, 0) is 6.42 Å². The molecule has 0 N–H and O–H groups in total. The van der Waals surface area contributed by atoms with Crippen molar-refractivity contribution in [2.24, 2.45) is 10.2 Å². The van der Waals surface area contributed by atoms with Crippen molar-refractivity contribution in [3.05, 3.63) is 63.9 Å². The molecule has 0 saturated heterocycles. The Morgan fingerprint density at radius 3 is 2.40 bits per heavy atom. The highest BCUT2D eigenvalue weighted by molar-refractivity contribution is 6.30. The number of fused-ring (bicyclic) bond motifs is 1. The summed E-state index contributed by atoms with van der Waals surface area (Å²) in [7, 11) is 0. The molecule has 1 aliphatic rings. The molecule has 3 nitrogen and oxygen atoms in total. The Bertz CT molecular complexity index is 873. The minimum atomic E-state index is -4.92. The first-order valence-corrected chi connectivity index (χ1v) is 7.56. The van der Waals surface area contributed by atoms with Crippen LogP contribution >= 0.6 is 11.6 Å². The van der Waals surface area contributed by atoms with Crippen LogP contribution in [0.5, 0.6) is 5.75 Å². The molecular formula is C17H11ClF4N2O. The van der Waals surface area contributed by atoms with Crippen LogP contribution in [0.1, 0.15) is 23.6 Å². The van der Waals surface area contributed by atoms with E-state index in [9.17, 15) is 17.6 Å². The molecule has 0 aliphatic carbocycles. The lowest BCUT2D eigenvalue weighted by Crippen LogP contribution is -2.18. The van der Waals surface area contributed by atoms with Gasteiger partial charge in [0.25, 0.3) is 0 Å². The van der Waals surface area contributed by atoms with Gasteiger partial charge < -0.3 is 4.74 Å². The first kappa shape index (κ1) is 17.4. The van der Waals surface area contributed by atoms with Crippen molar-refractivity contribution >= 4 is 23.0 Å². The van der Waals surface area contributed by atoms with Crippen molar-refractivity contribution in [3.63, 3.8) is 0 Å². The highest BCUT2D eigenvalue weighted by atomic mass is 35.5. The molecule has 0 amide bonds. The molecule has 130 valence electrons. The average Bonchev–Trinajstić information content (AvgIpc) is 2.66.